The van der Waals surface area contributed by atoms with Crippen LogP contribution in [0.4, 0.5) is 10.5 Å². The average molecular weight is 380 g/mol. The molecule has 0 aromatic heterocycles. The topological polar surface area (TPSA) is 65.4 Å². The van der Waals surface area contributed by atoms with Crippen LogP contribution in [-0.2, 0) is 4.74 Å². The van der Waals surface area contributed by atoms with Crippen LogP contribution in [0.1, 0.15) is 39.2 Å². The third kappa shape index (κ3) is 5.14. The molecule has 1 aromatic carbocycles. The summed E-state index contributed by atoms with van der Waals surface area (Å²) in [6.07, 6.45) is 1.47. The Bertz CT molecular complexity index is 619. The zero-order valence-electron chi connectivity index (χ0n) is 13.7. The maximum Gasteiger partial charge on any atom is 0.407 e. The van der Waals surface area contributed by atoms with Crippen LogP contribution in [0.15, 0.2) is 22.7 Å². The Labute approximate surface area is 145 Å². The number of carbonyl (C=O) groups excluding carboxylic acids is 1. The van der Waals surface area contributed by atoms with Crippen LogP contribution in [0.5, 0.6) is 0 Å². The van der Waals surface area contributed by atoms with Gasteiger partial charge in [-0.15, -0.1) is 0 Å². The molecule has 0 aliphatic carbocycles. The maximum absolute atomic E-state index is 11.9. The van der Waals surface area contributed by atoms with E-state index < -0.39 is 5.60 Å². The lowest BCUT2D eigenvalue weighted by Gasteiger charge is -2.35. The molecule has 1 N–H and O–H groups in total. The summed E-state index contributed by atoms with van der Waals surface area (Å²) in [7, 11) is 0. The fraction of sp³-hybridized carbons (Fsp3) is 0.529. The molecule has 1 atom stereocenters. The minimum atomic E-state index is -0.503. The number of amides is 1. The summed E-state index contributed by atoms with van der Waals surface area (Å²) in [5.41, 5.74) is 1.04. The monoisotopic (exact) mass is 379 g/mol. The van der Waals surface area contributed by atoms with Crippen molar-refractivity contribution in [3.63, 3.8) is 0 Å². The molecule has 0 unspecified atom stereocenters. The van der Waals surface area contributed by atoms with Crippen LogP contribution >= 0.6 is 15.9 Å². The first-order valence-electron chi connectivity index (χ1n) is 7.72. The van der Waals surface area contributed by atoms with Crippen LogP contribution in [0.25, 0.3) is 0 Å². The van der Waals surface area contributed by atoms with E-state index in [2.05, 4.69) is 32.2 Å². The molecular weight excluding hydrogens is 358 g/mol. The van der Waals surface area contributed by atoms with E-state index in [1.807, 2.05) is 39.0 Å². The number of rotatable bonds is 2. The third-order valence-electron chi connectivity index (χ3n) is 3.56. The lowest BCUT2D eigenvalue weighted by Crippen LogP contribution is -2.49. The van der Waals surface area contributed by atoms with Gasteiger partial charge in [-0.2, -0.15) is 5.26 Å². The predicted octanol–water partition coefficient (Wildman–Crippen LogP) is 3.81. The summed E-state index contributed by atoms with van der Waals surface area (Å²) in [5.74, 6) is 0. The van der Waals surface area contributed by atoms with Crippen molar-refractivity contribution in [2.45, 2.75) is 45.3 Å². The predicted molar refractivity (Wildman–Crippen MR) is 93.5 cm³/mol. The van der Waals surface area contributed by atoms with Crippen molar-refractivity contribution in [1.82, 2.24) is 5.32 Å². The van der Waals surface area contributed by atoms with Gasteiger partial charge < -0.3 is 15.0 Å². The highest BCUT2D eigenvalue weighted by Crippen LogP contribution is 2.27. The first kappa shape index (κ1) is 17.6. The SMILES string of the molecule is CC(C)(C)OC(=O)N[C@@H]1CCCN(c2cc(Br)ccc2C#N)C1. The van der Waals surface area contributed by atoms with Crippen LogP contribution in [-0.4, -0.2) is 30.8 Å². The van der Waals surface area contributed by atoms with Gasteiger partial charge in [0.1, 0.15) is 11.7 Å². The summed E-state index contributed by atoms with van der Waals surface area (Å²) in [6, 6.07) is 7.88. The minimum Gasteiger partial charge on any atom is -0.444 e. The molecule has 6 heteroatoms. The number of nitriles is 1. The summed E-state index contributed by atoms with van der Waals surface area (Å²) in [4.78, 5) is 14.1. The van der Waals surface area contributed by atoms with E-state index in [1.54, 1.807) is 0 Å². The molecule has 2 rings (SSSR count). The number of anilines is 1. The second kappa shape index (κ2) is 7.22. The van der Waals surface area contributed by atoms with Gasteiger partial charge in [0.15, 0.2) is 0 Å². The molecule has 0 saturated carbocycles. The largest absolute Gasteiger partial charge is 0.444 e. The number of piperidine rings is 1. The molecule has 1 heterocycles. The minimum absolute atomic E-state index is 0.0177. The number of carbonyl (C=O) groups is 1. The lowest BCUT2D eigenvalue weighted by atomic mass is 10.0. The number of benzene rings is 1. The molecule has 1 amide bonds. The van der Waals surface area contributed by atoms with E-state index in [4.69, 9.17) is 4.74 Å². The van der Waals surface area contributed by atoms with Gasteiger partial charge in [-0.05, 0) is 51.8 Å². The maximum atomic E-state index is 11.9. The first-order valence-corrected chi connectivity index (χ1v) is 8.52. The van der Waals surface area contributed by atoms with Crippen molar-refractivity contribution in [1.29, 1.82) is 5.26 Å². The molecule has 0 radical (unpaired) electrons. The van der Waals surface area contributed by atoms with E-state index in [9.17, 15) is 10.1 Å². The standard InChI is InChI=1S/C17H22BrN3O2/c1-17(2,3)23-16(22)20-14-5-4-8-21(11-14)15-9-13(18)7-6-12(15)10-19/h6-7,9,14H,4-5,8,11H2,1-3H3,(H,20,22)/t14-/m1/s1. The normalized spacial score (nSPS) is 18.2. The molecule has 124 valence electrons. The number of ether oxygens (including phenoxy) is 1. The molecular formula is C17H22BrN3O2. The van der Waals surface area contributed by atoms with Crippen LogP contribution in [0, 0.1) is 11.3 Å². The Morgan fingerprint density at radius 1 is 1.48 bits per heavy atom. The molecule has 1 aromatic rings. The number of halogens is 1. The highest BCUT2D eigenvalue weighted by atomic mass is 79.9. The fourth-order valence-corrected chi connectivity index (χ4v) is 3.00. The van der Waals surface area contributed by atoms with E-state index >= 15 is 0 Å². The number of hydrogen-bond acceptors (Lipinski definition) is 4. The van der Waals surface area contributed by atoms with E-state index in [-0.39, 0.29) is 12.1 Å². The molecule has 23 heavy (non-hydrogen) atoms. The molecule has 1 aliphatic heterocycles. The third-order valence-corrected chi connectivity index (χ3v) is 4.06. The molecule has 1 fully saturated rings. The van der Waals surface area contributed by atoms with Gasteiger partial charge in [-0.1, -0.05) is 15.9 Å². The second-order valence-electron chi connectivity index (χ2n) is 6.70. The van der Waals surface area contributed by atoms with E-state index in [1.165, 1.54) is 0 Å². The summed E-state index contributed by atoms with van der Waals surface area (Å²) in [6.45, 7) is 7.09. The Kier molecular flexibility index (Phi) is 5.53. The Hall–Kier alpha value is -1.74. The summed E-state index contributed by atoms with van der Waals surface area (Å²) < 4.78 is 6.26. The van der Waals surface area contributed by atoms with Gasteiger partial charge in [0.2, 0.25) is 0 Å². The van der Waals surface area contributed by atoms with E-state index in [0.29, 0.717) is 12.1 Å². The zero-order valence-corrected chi connectivity index (χ0v) is 15.3. The number of hydrogen-bond donors (Lipinski definition) is 1. The Balaban J connectivity index is 2.06. The number of nitrogens with one attached hydrogen (secondary N) is 1. The van der Waals surface area contributed by atoms with Gasteiger partial charge in [0.05, 0.1) is 11.3 Å². The number of alkyl carbamates (subject to hydrolysis) is 1. The quantitative estimate of drug-likeness (QED) is 0.847. The fourth-order valence-electron chi connectivity index (χ4n) is 2.65. The van der Waals surface area contributed by atoms with Crippen molar-refractivity contribution in [2.24, 2.45) is 0 Å². The second-order valence-corrected chi connectivity index (χ2v) is 7.62. The van der Waals surface area contributed by atoms with Crippen molar-refractivity contribution in [2.75, 3.05) is 18.0 Å². The molecule has 0 bridgehead atoms. The summed E-state index contributed by atoms with van der Waals surface area (Å²) in [5, 5.41) is 12.2. The lowest BCUT2D eigenvalue weighted by molar-refractivity contribution is 0.0500. The number of nitrogens with zero attached hydrogens (tertiary/aromatic N) is 2. The van der Waals surface area contributed by atoms with Crippen molar-refractivity contribution in [3.8, 4) is 6.07 Å². The van der Waals surface area contributed by atoms with Crippen molar-refractivity contribution < 1.29 is 9.53 Å². The van der Waals surface area contributed by atoms with Crippen molar-refractivity contribution >= 4 is 27.7 Å². The highest BCUT2D eigenvalue weighted by molar-refractivity contribution is 9.10. The van der Waals surface area contributed by atoms with Crippen LogP contribution in [0.3, 0.4) is 0 Å². The smallest absolute Gasteiger partial charge is 0.407 e. The van der Waals surface area contributed by atoms with Gasteiger partial charge in [0.25, 0.3) is 0 Å². The van der Waals surface area contributed by atoms with Gasteiger partial charge in [-0.3, -0.25) is 0 Å². The van der Waals surface area contributed by atoms with Gasteiger partial charge in [0, 0.05) is 23.6 Å². The molecule has 5 nitrogen and oxygen atoms in total. The Morgan fingerprint density at radius 2 is 2.22 bits per heavy atom. The molecule has 1 saturated heterocycles. The molecule has 0 spiro atoms. The van der Waals surface area contributed by atoms with Crippen molar-refractivity contribution in [3.05, 3.63) is 28.2 Å². The zero-order chi connectivity index (χ0) is 17.0. The van der Waals surface area contributed by atoms with Crippen LogP contribution < -0.4 is 10.2 Å². The highest BCUT2D eigenvalue weighted by Gasteiger charge is 2.25. The van der Waals surface area contributed by atoms with Gasteiger partial charge in [-0.25, -0.2) is 4.79 Å². The van der Waals surface area contributed by atoms with E-state index in [0.717, 1.165) is 29.5 Å². The first-order chi connectivity index (χ1) is 10.8. The molecule has 1 aliphatic rings. The Morgan fingerprint density at radius 3 is 2.87 bits per heavy atom. The van der Waals surface area contributed by atoms with Gasteiger partial charge >= 0.3 is 6.09 Å². The summed E-state index contributed by atoms with van der Waals surface area (Å²) >= 11 is 3.45. The average Bonchev–Trinajstić information content (AvgIpc) is 2.45. The van der Waals surface area contributed by atoms with Crippen LogP contribution in [0.2, 0.25) is 0 Å².